The summed E-state index contributed by atoms with van der Waals surface area (Å²) < 4.78 is 9.48. The molecule has 1 aromatic rings. The van der Waals surface area contributed by atoms with Gasteiger partial charge in [-0.05, 0) is 19.1 Å². The average molecular weight is 223 g/mol. The zero-order chi connectivity index (χ0) is 12.1. The van der Waals surface area contributed by atoms with Crippen LogP contribution >= 0.6 is 0 Å². The van der Waals surface area contributed by atoms with Gasteiger partial charge in [0.15, 0.2) is 0 Å². The number of pyridine rings is 1. The number of hydrogen-bond acceptors (Lipinski definition) is 5. The van der Waals surface area contributed by atoms with Crippen molar-refractivity contribution in [3.8, 4) is 0 Å². The van der Waals surface area contributed by atoms with Gasteiger partial charge in [0.05, 0.1) is 18.4 Å². The van der Waals surface area contributed by atoms with Gasteiger partial charge in [0.1, 0.15) is 6.10 Å². The standard InChI is InChI=1S/C11H13NO4/c1-7(16-8(2)13)10-5-4-9(6-12-10)11(14)15-3/h4-7H,1-3H3. The minimum Gasteiger partial charge on any atom is -0.465 e. The van der Waals surface area contributed by atoms with E-state index in [0.29, 0.717) is 11.3 Å². The second kappa shape index (κ2) is 5.25. The van der Waals surface area contributed by atoms with Crippen molar-refractivity contribution in [2.75, 3.05) is 7.11 Å². The van der Waals surface area contributed by atoms with Gasteiger partial charge >= 0.3 is 11.9 Å². The minimum atomic E-state index is -0.445. The summed E-state index contributed by atoms with van der Waals surface area (Å²) in [5.41, 5.74) is 0.948. The molecule has 0 amide bonds. The molecule has 0 aliphatic heterocycles. The van der Waals surface area contributed by atoms with Gasteiger partial charge in [-0.2, -0.15) is 0 Å². The van der Waals surface area contributed by atoms with Crippen LogP contribution in [0.2, 0.25) is 0 Å². The quantitative estimate of drug-likeness (QED) is 0.726. The predicted molar refractivity (Wildman–Crippen MR) is 55.8 cm³/mol. The molecular formula is C11H13NO4. The first-order valence-corrected chi connectivity index (χ1v) is 4.76. The van der Waals surface area contributed by atoms with Crippen LogP contribution in [0.4, 0.5) is 0 Å². The van der Waals surface area contributed by atoms with E-state index in [1.807, 2.05) is 0 Å². The summed E-state index contributed by atoms with van der Waals surface area (Å²) in [5.74, 6) is -0.814. The van der Waals surface area contributed by atoms with Crippen molar-refractivity contribution in [2.24, 2.45) is 0 Å². The Morgan fingerprint density at radius 1 is 1.38 bits per heavy atom. The third-order valence-electron chi connectivity index (χ3n) is 1.97. The molecule has 0 aromatic carbocycles. The highest BCUT2D eigenvalue weighted by Crippen LogP contribution is 2.14. The number of carbonyl (C=O) groups is 2. The molecule has 1 atom stereocenters. The Kier molecular flexibility index (Phi) is 3.99. The van der Waals surface area contributed by atoms with E-state index in [2.05, 4.69) is 9.72 Å². The maximum atomic E-state index is 11.1. The Bertz CT molecular complexity index is 385. The Morgan fingerprint density at radius 3 is 2.50 bits per heavy atom. The number of ether oxygens (including phenoxy) is 2. The van der Waals surface area contributed by atoms with Crippen molar-refractivity contribution in [3.05, 3.63) is 29.6 Å². The maximum Gasteiger partial charge on any atom is 0.339 e. The SMILES string of the molecule is COC(=O)c1ccc(C(C)OC(C)=O)nc1. The molecule has 5 nitrogen and oxygen atoms in total. The molecular weight excluding hydrogens is 210 g/mol. The first kappa shape index (κ1) is 12.2. The van der Waals surface area contributed by atoms with E-state index >= 15 is 0 Å². The van der Waals surface area contributed by atoms with Crippen LogP contribution < -0.4 is 0 Å². The molecule has 16 heavy (non-hydrogen) atoms. The molecule has 0 N–H and O–H groups in total. The van der Waals surface area contributed by atoms with Crippen LogP contribution in [-0.4, -0.2) is 24.0 Å². The van der Waals surface area contributed by atoms with Gasteiger partial charge in [0.25, 0.3) is 0 Å². The van der Waals surface area contributed by atoms with Crippen LogP contribution in [0.3, 0.4) is 0 Å². The lowest BCUT2D eigenvalue weighted by Crippen LogP contribution is -2.08. The van der Waals surface area contributed by atoms with Crippen LogP contribution in [0.1, 0.15) is 36.0 Å². The molecule has 1 unspecified atom stereocenters. The first-order chi connectivity index (χ1) is 7.54. The average Bonchev–Trinajstić information content (AvgIpc) is 2.27. The van der Waals surface area contributed by atoms with Crippen molar-refractivity contribution in [1.29, 1.82) is 0 Å². The van der Waals surface area contributed by atoms with Gasteiger partial charge in [0, 0.05) is 13.1 Å². The molecule has 5 heteroatoms. The van der Waals surface area contributed by atoms with Crippen molar-refractivity contribution in [1.82, 2.24) is 4.98 Å². The fourth-order valence-electron chi connectivity index (χ4n) is 1.19. The number of esters is 2. The molecule has 0 bridgehead atoms. The highest BCUT2D eigenvalue weighted by Gasteiger charge is 2.11. The second-order valence-corrected chi connectivity index (χ2v) is 3.21. The molecule has 1 heterocycles. The molecule has 0 saturated heterocycles. The molecule has 0 saturated carbocycles. The summed E-state index contributed by atoms with van der Waals surface area (Å²) in [5, 5.41) is 0. The Morgan fingerprint density at radius 2 is 2.06 bits per heavy atom. The normalized spacial score (nSPS) is 11.7. The Balaban J connectivity index is 2.78. The summed E-state index contributed by atoms with van der Waals surface area (Å²) in [6.45, 7) is 3.04. The predicted octanol–water partition coefficient (Wildman–Crippen LogP) is 1.49. The first-order valence-electron chi connectivity index (χ1n) is 4.76. The lowest BCUT2D eigenvalue weighted by Gasteiger charge is -2.10. The fraction of sp³-hybridized carbons (Fsp3) is 0.364. The maximum absolute atomic E-state index is 11.1. The van der Waals surface area contributed by atoms with Crippen LogP contribution in [0, 0.1) is 0 Å². The van der Waals surface area contributed by atoms with Crippen molar-refractivity contribution in [3.63, 3.8) is 0 Å². The molecule has 0 radical (unpaired) electrons. The topological polar surface area (TPSA) is 65.5 Å². The molecule has 0 spiro atoms. The lowest BCUT2D eigenvalue weighted by atomic mass is 10.2. The number of hydrogen-bond donors (Lipinski definition) is 0. The van der Waals surface area contributed by atoms with E-state index in [1.54, 1.807) is 19.1 Å². The van der Waals surface area contributed by atoms with Gasteiger partial charge < -0.3 is 9.47 Å². The van der Waals surface area contributed by atoms with Crippen molar-refractivity contribution in [2.45, 2.75) is 20.0 Å². The molecule has 1 rings (SSSR count). The Hall–Kier alpha value is -1.91. The van der Waals surface area contributed by atoms with E-state index in [9.17, 15) is 9.59 Å². The van der Waals surface area contributed by atoms with Crippen LogP contribution in [-0.2, 0) is 14.3 Å². The van der Waals surface area contributed by atoms with Gasteiger partial charge in [-0.25, -0.2) is 4.79 Å². The summed E-state index contributed by atoms with van der Waals surface area (Å²) in [7, 11) is 1.30. The van der Waals surface area contributed by atoms with Gasteiger partial charge in [-0.15, -0.1) is 0 Å². The Labute approximate surface area is 93.4 Å². The van der Waals surface area contributed by atoms with Crippen molar-refractivity contribution < 1.29 is 19.1 Å². The minimum absolute atomic E-state index is 0.362. The summed E-state index contributed by atoms with van der Waals surface area (Å²) >= 11 is 0. The van der Waals surface area contributed by atoms with Gasteiger partial charge in [0.2, 0.25) is 0 Å². The lowest BCUT2D eigenvalue weighted by molar-refractivity contribution is -0.146. The third-order valence-corrected chi connectivity index (χ3v) is 1.97. The number of rotatable bonds is 3. The zero-order valence-electron chi connectivity index (χ0n) is 9.39. The highest BCUT2D eigenvalue weighted by atomic mass is 16.5. The van der Waals surface area contributed by atoms with E-state index < -0.39 is 12.1 Å². The smallest absolute Gasteiger partial charge is 0.339 e. The van der Waals surface area contributed by atoms with Crippen LogP contribution in [0.5, 0.6) is 0 Å². The molecule has 1 aromatic heterocycles. The summed E-state index contributed by atoms with van der Waals surface area (Å²) in [6, 6.07) is 3.20. The summed E-state index contributed by atoms with van der Waals surface area (Å²) in [6.07, 6.45) is 0.963. The van der Waals surface area contributed by atoms with E-state index in [0.717, 1.165) is 0 Å². The van der Waals surface area contributed by atoms with Gasteiger partial charge in [-0.1, -0.05) is 0 Å². The van der Waals surface area contributed by atoms with Gasteiger partial charge in [-0.3, -0.25) is 9.78 Å². The number of nitrogens with zero attached hydrogens (tertiary/aromatic N) is 1. The van der Waals surface area contributed by atoms with E-state index in [-0.39, 0.29) is 5.97 Å². The largest absolute Gasteiger partial charge is 0.465 e. The monoisotopic (exact) mass is 223 g/mol. The molecule has 0 aliphatic carbocycles. The molecule has 86 valence electrons. The van der Waals surface area contributed by atoms with Crippen molar-refractivity contribution >= 4 is 11.9 Å². The van der Waals surface area contributed by atoms with E-state index in [4.69, 9.17) is 4.74 Å². The highest BCUT2D eigenvalue weighted by molar-refractivity contribution is 5.88. The number of aromatic nitrogens is 1. The second-order valence-electron chi connectivity index (χ2n) is 3.21. The fourth-order valence-corrected chi connectivity index (χ4v) is 1.19. The van der Waals surface area contributed by atoms with Crippen LogP contribution in [0.25, 0.3) is 0 Å². The number of methoxy groups -OCH3 is 1. The summed E-state index contributed by atoms with van der Waals surface area (Å²) in [4.78, 5) is 25.9. The molecule has 0 fully saturated rings. The molecule has 0 aliphatic rings. The van der Waals surface area contributed by atoms with E-state index in [1.165, 1.54) is 20.2 Å². The number of carbonyl (C=O) groups excluding carboxylic acids is 2. The third kappa shape index (κ3) is 3.05. The zero-order valence-corrected chi connectivity index (χ0v) is 9.39. The van der Waals surface area contributed by atoms with Crippen LogP contribution in [0.15, 0.2) is 18.3 Å².